The van der Waals surface area contributed by atoms with Gasteiger partial charge in [-0.25, -0.2) is 0 Å². The molecule has 112 valence electrons. The summed E-state index contributed by atoms with van der Waals surface area (Å²) in [5.74, 6) is 0.962. The van der Waals surface area contributed by atoms with E-state index in [-0.39, 0.29) is 0 Å². The van der Waals surface area contributed by atoms with Gasteiger partial charge >= 0.3 is 0 Å². The second-order valence-corrected chi connectivity index (χ2v) is 7.67. The monoisotopic (exact) mass is 401 g/mol. The Morgan fingerprint density at radius 3 is 2.55 bits per heavy atom. The number of hydrogen-bond acceptors (Lipinski definition) is 1. The third-order valence-electron chi connectivity index (χ3n) is 4.44. The summed E-state index contributed by atoms with van der Waals surface area (Å²) in [6, 6.07) is 4.97. The lowest BCUT2D eigenvalue weighted by Gasteiger charge is -2.22. The van der Waals surface area contributed by atoms with E-state index in [1.54, 1.807) is 0 Å². The molecule has 20 heavy (non-hydrogen) atoms. The predicted octanol–water partition coefficient (Wildman–Crippen LogP) is 6.14. The molecule has 0 aliphatic heterocycles. The van der Waals surface area contributed by atoms with E-state index >= 15 is 0 Å². The van der Waals surface area contributed by atoms with Crippen LogP contribution in [-0.2, 0) is 0 Å². The van der Waals surface area contributed by atoms with Crippen LogP contribution in [0.25, 0.3) is 0 Å². The van der Waals surface area contributed by atoms with Crippen molar-refractivity contribution in [1.82, 2.24) is 5.32 Å². The quantitative estimate of drug-likeness (QED) is 0.602. The van der Waals surface area contributed by atoms with E-state index in [9.17, 15) is 0 Å². The molecule has 1 aliphatic rings. The van der Waals surface area contributed by atoms with Crippen LogP contribution in [0, 0.1) is 12.8 Å². The van der Waals surface area contributed by atoms with Gasteiger partial charge in [0.15, 0.2) is 0 Å². The highest BCUT2D eigenvalue weighted by atomic mass is 79.9. The molecule has 0 aromatic heterocycles. The van der Waals surface area contributed by atoms with Gasteiger partial charge in [0.1, 0.15) is 0 Å². The Hall–Kier alpha value is 0.140. The highest BCUT2D eigenvalue weighted by Gasteiger charge is 2.19. The van der Waals surface area contributed by atoms with Crippen LogP contribution in [0.1, 0.15) is 62.6 Å². The minimum Gasteiger partial charge on any atom is -0.310 e. The number of rotatable bonds is 6. The maximum absolute atomic E-state index is 3.74. The third-order valence-corrected chi connectivity index (χ3v) is 5.98. The molecule has 1 saturated carbocycles. The summed E-state index contributed by atoms with van der Waals surface area (Å²) in [6.07, 6.45) is 8.37. The number of nitrogens with one attached hydrogen (secondary N) is 1. The summed E-state index contributed by atoms with van der Waals surface area (Å²) < 4.78 is 2.44. The van der Waals surface area contributed by atoms with E-state index in [1.807, 2.05) is 0 Å². The van der Waals surface area contributed by atoms with Crippen LogP contribution >= 0.6 is 31.9 Å². The van der Waals surface area contributed by atoms with Gasteiger partial charge in [-0.3, -0.25) is 0 Å². The molecule has 2 rings (SSSR count). The van der Waals surface area contributed by atoms with Crippen molar-refractivity contribution in [1.29, 1.82) is 0 Å². The average Bonchev–Trinajstić information content (AvgIpc) is 2.92. The van der Waals surface area contributed by atoms with Gasteiger partial charge in [0.05, 0.1) is 0 Å². The van der Waals surface area contributed by atoms with Crippen molar-refractivity contribution < 1.29 is 0 Å². The number of aryl methyl sites for hydroxylation is 1. The Balaban J connectivity index is 2.08. The first-order valence-electron chi connectivity index (χ1n) is 7.80. The standard InChI is InChI=1S/C17H25Br2N/c1-3-20-17(9-8-13-6-4-5-7-13)14-11-15(18)12(2)10-16(14)19/h10-11,13,17,20H,3-9H2,1-2H3. The molecule has 1 N–H and O–H groups in total. The second-order valence-electron chi connectivity index (χ2n) is 5.96. The molecule has 0 radical (unpaired) electrons. The molecular formula is C17H25Br2N. The maximum Gasteiger partial charge on any atom is 0.0331 e. The van der Waals surface area contributed by atoms with Gasteiger partial charge in [0.25, 0.3) is 0 Å². The van der Waals surface area contributed by atoms with Crippen molar-refractivity contribution in [2.24, 2.45) is 5.92 Å². The van der Waals surface area contributed by atoms with Crippen molar-refractivity contribution in [2.75, 3.05) is 6.54 Å². The third kappa shape index (κ3) is 4.32. The lowest BCUT2D eigenvalue weighted by atomic mass is 9.94. The number of benzene rings is 1. The summed E-state index contributed by atoms with van der Waals surface area (Å²) in [4.78, 5) is 0. The van der Waals surface area contributed by atoms with Crippen molar-refractivity contribution in [3.8, 4) is 0 Å². The van der Waals surface area contributed by atoms with Crippen LogP contribution in [0.5, 0.6) is 0 Å². The van der Waals surface area contributed by atoms with Gasteiger partial charge in [0, 0.05) is 15.0 Å². The number of halogens is 2. The van der Waals surface area contributed by atoms with Gasteiger partial charge in [-0.1, -0.05) is 64.5 Å². The topological polar surface area (TPSA) is 12.0 Å². The van der Waals surface area contributed by atoms with E-state index in [4.69, 9.17) is 0 Å². The molecule has 1 aromatic rings. The SMILES string of the molecule is CCNC(CCC1CCCC1)c1cc(Br)c(C)cc1Br. The van der Waals surface area contributed by atoms with Crippen LogP contribution in [0.15, 0.2) is 21.1 Å². The van der Waals surface area contributed by atoms with Gasteiger partial charge in [0.2, 0.25) is 0 Å². The molecule has 0 saturated heterocycles. The van der Waals surface area contributed by atoms with Crippen LogP contribution in [0.2, 0.25) is 0 Å². The molecule has 1 atom stereocenters. The van der Waals surface area contributed by atoms with Gasteiger partial charge in [-0.05, 0) is 55.5 Å². The summed E-state index contributed by atoms with van der Waals surface area (Å²) in [5.41, 5.74) is 2.67. The fraction of sp³-hybridized carbons (Fsp3) is 0.647. The van der Waals surface area contributed by atoms with Crippen molar-refractivity contribution in [2.45, 2.75) is 58.4 Å². The summed E-state index contributed by atoms with van der Waals surface area (Å²) in [5, 5.41) is 3.66. The van der Waals surface area contributed by atoms with E-state index in [1.165, 1.54) is 58.6 Å². The molecule has 1 nitrogen and oxygen atoms in total. The summed E-state index contributed by atoms with van der Waals surface area (Å²) in [6.45, 7) is 5.35. The first kappa shape index (κ1) is 16.5. The van der Waals surface area contributed by atoms with Crippen molar-refractivity contribution >= 4 is 31.9 Å². The Morgan fingerprint density at radius 1 is 1.20 bits per heavy atom. The fourth-order valence-corrected chi connectivity index (χ4v) is 4.34. The molecule has 1 aromatic carbocycles. The zero-order valence-corrected chi connectivity index (χ0v) is 15.7. The predicted molar refractivity (Wildman–Crippen MR) is 94.2 cm³/mol. The molecule has 1 aliphatic carbocycles. The zero-order valence-electron chi connectivity index (χ0n) is 12.5. The molecule has 3 heteroatoms. The van der Waals surface area contributed by atoms with Gasteiger partial charge in [-0.15, -0.1) is 0 Å². The van der Waals surface area contributed by atoms with E-state index in [0.29, 0.717) is 6.04 Å². The van der Waals surface area contributed by atoms with Crippen LogP contribution < -0.4 is 5.32 Å². The van der Waals surface area contributed by atoms with Crippen molar-refractivity contribution in [3.63, 3.8) is 0 Å². The first-order chi connectivity index (χ1) is 9.61. The molecule has 0 bridgehead atoms. The van der Waals surface area contributed by atoms with Gasteiger partial charge in [-0.2, -0.15) is 0 Å². The molecule has 0 amide bonds. The summed E-state index contributed by atoms with van der Waals surface area (Å²) >= 11 is 7.41. The van der Waals surface area contributed by atoms with Gasteiger partial charge < -0.3 is 5.32 Å². The van der Waals surface area contributed by atoms with Crippen molar-refractivity contribution in [3.05, 3.63) is 32.2 Å². The van der Waals surface area contributed by atoms with E-state index in [2.05, 4.69) is 63.2 Å². The Kier molecular flexibility index (Phi) is 6.57. The van der Waals surface area contributed by atoms with Crippen LogP contribution in [0.3, 0.4) is 0 Å². The maximum atomic E-state index is 3.74. The largest absolute Gasteiger partial charge is 0.310 e. The molecule has 0 spiro atoms. The van der Waals surface area contributed by atoms with E-state index in [0.717, 1.165) is 12.5 Å². The van der Waals surface area contributed by atoms with Crippen LogP contribution in [-0.4, -0.2) is 6.54 Å². The highest BCUT2D eigenvalue weighted by Crippen LogP contribution is 2.35. The highest BCUT2D eigenvalue weighted by molar-refractivity contribution is 9.11. The second kappa shape index (κ2) is 7.95. The lowest BCUT2D eigenvalue weighted by molar-refractivity contribution is 0.416. The van der Waals surface area contributed by atoms with Crippen LogP contribution in [0.4, 0.5) is 0 Å². The average molecular weight is 403 g/mol. The minimum atomic E-state index is 0.465. The number of hydrogen-bond donors (Lipinski definition) is 1. The smallest absolute Gasteiger partial charge is 0.0331 e. The zero-order chi connectivity index (χ0) is 14.5. The molecule has 0 heterocycles. The molecule has 1 unspecified atom stereocenters. The van der Waals surface area contributed by atoms with E-state index < -0.39 is 0 Å². The fourth-order valence-electron chi connectivity index (χ4n) is 3.24. The first-order valence-corrected chi connectivity index (χ1v) is 9.39. The molecular weight excluding hydrogens is 378 g/mol. The minimum absolute atomic E-state index is 0.465. The normalized spacial score (nSPS) is 17.6. The Morgan fingerprint density at radius 2 is 1.90 bits per heavy atom. The Labute approximate surface area is 140 Å². The molecule has 1 fully saturated rings. The Bertz CT molecular complexity index is 439. The lowest BCUT2D eigenvalue weighted by Crippen LogP contribution is -2.22. The summed E-state index contributed by atoms with van der Waals surface area (Å²) in [7, 11) is 0.